The Bertz CT molecular complexity index is 1090. The first-order chi connectivity index (χ1) is 16.0. The number of carbonyl (C=O) groups is 2. The molecule has 1 aromatic rings. The van der Waals surface area contributed by atoms with Crippen molar-refractivity contribution in [1.29, 1.82) is 5.26 Å². The summed E-state index contributed by atoms with van der Waals surface area (Å²) >= 11 is 5.57. The van der Waals surface area contributed by atoms with Crippen molar-refractivity contribution in [2.45, 2.75) is 44.8 Å². The molecule has 0 bridgehead atoms. The van der Waals surface area contributed by atoms with E-state index in [4.69, 9.17) is 17.5 Å². The third kappa shape index (κ3) is 6.29. The van der Waals surface area contributed by atoms with Crippen molar-refractivity contribution >= 4 is 35.9 Å². The third-order valence-electron chi connectivity index (χ3n) is 5.28. The number of nitriles is 1. The molecule has 0 aromatic heterocycles. The molecule has 0 heterocycles. The normalized spacial score (nSPS) is 15.8. The molecule has 34 heavy (non-hydrogen) atoms. The minimum Gasteiger partial charge on any atom is -0.426 e. The van der Waals surface area contributed by atoms with E-state index in [-0.39, 0.29) is 29.1 Å². The number of benzene rings is 1. The summed E-state index contributed by atoms with van der Waals surface area (Å²) in [6, 6.07) is 5.28. The maximum Gasteiger partial charge on any atom is 0.411 e. The van der Waals surface area contributed by atoms with E-state index >= 15 is 0 Å². The van der Waals surface area contributed by atoms with Gasteiger partial charge in [-0.1, -0.05) is 6.08 Å². The van der Waals surface area contributed by atoms with Gasteiger partial charge in [0, 0.05) is 29.1 Å². The van der Waals surface area contributed by atoms with Gasteiger partial charge < -0.3 is 9.64 Å². The van der Waals surface area contributed by atoms with Crippen LogP contribution in [-0.2, 0) is 9.59 Å². The highest BCUT2D eigenvalue weighted by Crippen LogP contribution is 2.42. The van der Waals surface area contributed by atoms with Gasteiger partial charge in [-0.3, -0.25) is 14.5 Å². The van der Waals surface area contributed by atoms with E-state index in [1.807, 2.05) is 6.92 Å². The quantitative estimate of drug-likeness (QED) is 0.160. The van der Waals surface area contributed by atoms with Gasteiger partial charge >= 0.3 is 6.18 Å². The Kier molecular flexibility index (Phi) is 8.70. The number of thiocarbonyl (C=S) groups is 1. The summed E-state index contributed by atoms with van der Waals surface area (Å²) in [6.07, 6.45) is 1.28. The fraction of sp³-hybridized carbons (Fsp3) is 0.304. The van der Waals surface area contributed by atoms with E-state index in [1.54, 1.807) is 11.8 Å². The number of allylic oxidation sites excluding steroid dienone is 5. The van der Waals surface area contributed by atoms with Crippen LogP contribution in [-0.4, -0.2) is 34.6 Å². The van der Waals surface area contributed by atoms with Gasteiger partial charge in [-0.15, -0.1) is 0 Å². The molecule has 0 aliphatic heterocycles. The van der Waals surface area contributed by atoms with Gasteiger partial charge in [0.05, 0.1) is 11.6 Å². The fourth-order valence-electron chi connectivity index (χ4n) is 3.45. The molecule has 1 aromatic carbocycles. The van der Waals surface area contributed by atoms with E-state index in [0.29, 0.717) is 24.9 Å². The van der Waals surface area contributed by atoms with E-state index in [1.165, 1.54) is 24.3 Å². The molecule has 1 aliphatic carbocycles. The molecule has 0 spiro atoms. The molecule has 0 radical (unpaired) electrons. The summed E-state index contributed by atoms with van der Waals surface area (Å²) in [5, 5.41) is 8.93. The molecule has 1 aliphatic rings. The molecule has 11 heteroatoms. The maximum absolute atomic E-state index is 14.5. The fourth-order valence-corrected chi connectivity index (χ4v) is 3.92. The van der Waals surface area contributed by atoms with Gasteiger partial charge in [0.1, 0.15) is 0 Å². The minimum atomic E-state index is -4.69. The number of alkyl halides is 3. The van der Waals surface area contributed by atoms with E-state index < -0.39 is 23.1 Å². The Morgan fingerprint density at radius 1 is 1.26 bits per heavy atom. The molecule has 0 atom stereocenters. The Hall–Kier alpha value is -3.52. The average Bonchev–Trinajstić information content (AvgIpc) is 2.75. The Morgan fingerprint density at radius 3 is 2.38 bits per heavy atom. The lowest BCUT2D eigenvalue weighted by atomic mass is 9.77. The zero-order valence-corrected chi connectivity index (χ0v) is 19.1. The number of rotatable bonds is 8. The van der Waals surface area contributed by atoms with Crippen molar-refractivity contribution in [3.05, 3.63) is 59.6 Å². The van der Waals surface area contributed by atoms with Crippen molar-refractivity contribution in [1.82, 2.24) is 4.90 Å². The van der Waals surface area contributed by atoms with Crippen molar-refractivity contribution in [2.24, 2.45) is 0 Å². The third-order valence-corrected chi connectivity index (χ3v) is 5.66. The number of hydrogen-bond acceptors (Lipinski definition) is 5. The number of anilines is 1. The number of hydrogen-bond donors (Lipinski definition) is 0. The monoisotopic (exact) mass is 495 g/mol. The molecular weight excluding hydrogens is 474 g/mol. The van der Waals surface area contributed by atoms with Crippen molar-refractivity contribution < 1.29 is 31.9 Å². The molecule has 1 saturated carbocycles. The van der Waals surface area contributed by atoms with Crippen molar-refractivity contribution in [3.63, 3.8) is 0 Å². The Balaban J connectivity index is 2.46. The van der Waals surface area contributed by atoms with Gasteiger partial charge in [0.2, 0.25) is 6.41 Å². The molecule has 0 saturated heterocycles. The van der Waals surface area contributed by atoms with Gasteiger partial charge in [-0.25, -0.2) is 4.39 Å². The Labute approximate surface area is 199 Å². The summed E-state index contributed by atoms with van der Waals surface area (Å²) < 4.78 is 56.9. The van der Waals surface area contributed by atoms with Gasteiger partial charge in [0.25, 0.3) is 6.47 Å². The summed E-state index contributed by atoms with van der Waals surface area (Å²) in [5.74, 6) is -1.10. The van der Waals surface area contributed by atoms with Crippen LogP contribution in [0.25, 0.3) is 0 Å². The second-order valence-electron chi connectivity index (χ2n) is 7.57. The summed E-state index contributed by atoms with van der Waals surface area (Å²) in [6.45, 7) is 3.51. The summed E-state index contributed by atoms with van der Waals surface area (Å²) in [7, 11) is 0. The first-order valence-corrected chi connectivity index (χ1v) is 10.4. The van der Waals surface area contributed by atoms with Crippen LogP contribution in [0.4, 0.5) is 23.2 Å². The largest absolute Gasteiger partial charge is 0.426 e. The number of ether oxygens (including phenoxy) is 1. The molecule has 0 unspecified atom stereocenters. The molecule has 6 nitrogen and oxygen atoms in total. The predicted molar refractivity (Wildman–Crippen MR) is 121 cm³/mol. The second kappa shape index (κ2) is 11.1. The number of nitrogens with zero attached hydrogens (tertiary/aromatic N) is 3. The topological polar surface area (TPSA) is 73.6 Å². The second-order valence-corrected chi connectivity index (χ2v) is 7.94. The zero-order valence-electron chi connectivity index (χ0n) is 18.3. The van der Waals surface area contributed by atoms with Gasteiger partial charge in [-0.05, 0) is 69.6 Å². The van der Waals surface area contributed by atoms with Crippen LogP contribution in [0.15, 0.2) is 53.8 Å². The van der Waals surface area contributed by atoms with Crippen LogP contribution in [0.3, 0.4) is 0 Å². The number of halogens is 4. The lowest BCUT2D eigenvalue weighted by Gasteiger charge is -2.50. The average molecular weight is 495 g/mol. The lowest BCUT2D eigenvalue weighted by molar-refractivity contribution is -0.121. The summed E-state index contributed by atoms with van der Waals surface area (Å²) in [4.78, 5) is 25.2. The van der Waals surface area contributed by atoms with Crippen LogP contribution < -0.4 is 9.64 Å². The van der Waals surface area contributed by atoms with Crippen LogP contribution in [0.2, 0.25) is 0 Å². The highest BCUT2D eigenvalue weighted by atomic mass is 32.1. The van der Waals surface area contributed by atoms with Crippen molar-refractivity contribution in [2.75, 3.05) is 4.90 Å². The van der Waals surface area contributed by atoms with Gasteiger partial charge in [-0.2, -0.15) is 18.4 Å². The molecule has 0 N–H and O–H groups in total. The first-order valence-electron chi connectivity index (χ1n) is 10.0. The van der Waals surface area contributed by atoms with Crippen LogP contribution in [0.5, 0.6) is 5.75 Å². The maximum atomic E-state index is 14.5. The standard InChI is InChI=1S/C23H21F4N3O3S/c1-3-17(6-5-16(13-28)12-23(25,26)27)29(14-31)21(34)30(22(2)9-4-10-22)18-7-8-20(33-15-32)19(24)11-18/h3,5-8,11-12,14-15H,4,9-10H2,1-2H3/b6-5-,16-12-,17-3+. The summed E-state index contributed by atoms with van der Waals surface area (Å²) in [5.41, 5.74) is -0.824. The minimum absolute atomic E-state index is 0.0447. The highest BCUT2D eigenvalue weighted by molar-refractivity contribution is 7.80. The van der Waals surface area contributed by atoms with Gasteiger partial charge in [0.15, 0.2) is 16.7 Å². The van der Waals surface area contributed by atoms with Crippen molar-refractivity contribution in [3.8, 4) is 11.8 Å². The highest BCUT2D eigenvalue weighted by Gasteiger charge is 2.42. The molecule has 1 amide bonds. The Morgan fingerprint density at radius 2 is 1.94 bits per heavy atom. The predicted octanol–water partition coefficient (Wildman–Crippen LogP) is 5.33. The van der Waals surface area contributed by atoms with E-state index in [0.717, 1.165) is 29.5 Å². The molecule has 180 valence electrons. The molecular formula is C23H21F4N3O3S. The van der Waals surface area contributed by atoms with Crippen LogP contribution in [0.1, 0.15) is 33.1 Å². The van der Waals surface area contributed by atoms with Crippen LogP contribution >= 0.6 is 12.2 Å². The molecule has 1 fully saturated rings. The zero-order chi connectivity index (χ0) is 25.5. The lowest BCUT2D eigenvalue weighted by Crippen LogP contribution is -2.58. The number of amides is 1. The smallest absolute Gasteiger partial charge is 0.411 e. The first kappa shape index (κ1) is 26.7. The van der Waals surface area contributed by atoms with E-state index in [9.17, 15) is 27.2 Å². The van der Waals surface area contributed by atoms with E-state index in [2.05, 4.69) is 4.74 Å². The molecule has 2 rings (SSSR count). The number of carbonyl (C=O) groups excluding carboxylic acids is 2. The van der Waals surface area contributed by atoms with Crippen LogP contribution in [0, 0.1) is 17.1 Å². The SMILES string of the molecule is C\C=C(/C=C\C(C#N)=C\C(F)(F)F)N(C=O)C(=S)N(c1ccc(OC=O)c(F)c1)C1(C)CCC1.